The van der Waals surface area contributed by atoms with Gasteiger partial charge in [-0.05, 0) is 26.2 Å². The molecule has 0 aromatic carbocycles. The molecule has 0 aromatic heterocycles. The Morgan fingerprint density at radius 2 is 1.32 bits per heavy atom. The molecule has 0 bridgehead atoms. The second kappa shape index (κ2) is 18.9. The lowest BCUT2D eigenvalue weighted by Gasteiger charge is -2.37. The Balaban J connectivity index is 2.15. The molecular weight excluding hydrogens is 386 g/mol. The third kappa shape index (κ3) is 14.2. The average Bonchev–Trinajstić information content (AvgIpc) is 2.75. The SMILES string of the molecule is CCCCCCCCCCC(O)CN1CC(CCCCCCCCCC)OC(=O)C1C. The van der Waals surface area contributed by atoms with E-state index in [1.165, 1.54) is 89.9 Å². The summed E-state index contributed by atoms with van der Waals surface area (Å²) in [6, 6.07) is -0.233. The maximum atomic E-state index is 12.3. The minimum Gasteiger partial charge on any atom is -0.460 e. The van der Waals surface area contributed by atoms with Gasteiger partial charge >= 0.3 is 5.97 Å². The fraction of sp³-hybridized carbons (Fsp3) is 0.963. The normalized spacial score (nSPS) is 20.7. The van der Waals surface area contributed by atoms with E-state index in [0.717, 1.165) is 32.2 Å². The lowest BCUT2D eigenvalue weighted by atomic mass is 10.0. The number of carbonyl (C=O) groups is 1. The first-order chi connectivity index (χ1) is 15.1. The van der Waals surface area contributed by atoms with Crippen LogP contribution in [0, 0.1) is 0 Å². The van der Waals surface area contributed by atoms with Gasteiger partial charge in [-0.25, -0.2) is 0 Å². The maximum Gasteiger partial charge on any atom is 0.323 e. The topological polar surface area (TPSA) is 49.8 Å². The van der Waals surface area contributed by atoms with Crippen LogP contribution in [-0.4, -0.2) is 47.3 Å². The average molecular weight is 440 g/mol. The van der Waals surface area contributed by atoms with Gasteiger partial charge in [-0.15, -0.1) is 0 Å². The molecule has 0 amide bonds. The number of ether oxygens (including phenoxy) is 1. The fourth-order valence-electron chi connectivity index (χ4n) is 4.63. The largest absolute Gasteiger partial charge is 0.460 e. The molecule has 1 aliphatic rings. The molecule has 0 radical (unpaired) electrons. The summed E-state index contributed by atoms with van der Waals surface area (Å²) in [5.41, 5.74) is 0. The van der Waals surface area contributed by atoms with E-state index < -0.39 is 0 Å². The molecule has 0 aliphatic carbocycles. The monoisotopic (exact) mass is 439 g/mol. The molecule has 31 heavy (non-hydrogen) atoms. The number of rotatable bonds is 20. The molecule has 1 heterocycles. The van der Waals surface area contributed by atoms with E-state index in [9.17, 15) is 9.90 Å². The number of aliphatic hydroxyl groups is 1. The highest BCUT2D eigenvalue weighted by Gasteiger charge is 2.33. The van der Waals surface area contributed by atoms with Crippen LogP contribution in [0.1, 0.15) is 136 Å². The van der Waals surface area contributed by atoms with Crippen LogP contribution in [0.15, 0.2) is 0 Å². The zero-order valence-electron chi connectivity index (χ0n) is 21.1. The molecule has 0 spiro atoms. The number of hydrogen-bond donors (Lipinski definition) is 1. The molecule has 4 heteroatoms. The number of hydrogen-bond acceptors (Lipinski definition) is 4. The maximum absolute atomic E-state index is 12.3. The van der Waals surface area contributed by atoms with Crippen LogP contribution >= 0.6 is 0 Å². The third-order valence-corrected chi connectivity index (χ3v) is 6.83. The Bertz CT molecular complexity index is 427. The van der Waals surface area contributed by atoms with Gasteiger partial charge in [0.05, 0.1) is 6.10 Å². The van der Waals surface area contributed by atoms with E-state index in [-0.39, 0.29) is 24.2 Å². The number of unbranched alkanes of at least 4 members (excludes halogenated alkanes) is 14. The van der Waals surface area contributed by atoms with Crippen LogP contribution < -0.4 is 0 Å². The van der Waals surface area contributed by atoms with Gasteiger partial charge in [0.2, 0.25) is 0 Å². The highest BCUT2D eigenvalue weighted by molar-refractivity contribution is 5.76. The minimum atomic E-state index is -0.336. The van der Waals surface area contributed by atoms with Gasteiger partial charge < -0.3 is 9.84 Å². The van der Waals surface area contributed by atoms with Crippen LogP contribution in [0.5, 0.6) is 0 Å². The molecule has 0 saturated carbocycles. The van der Waals surface area contributed by atoms with Gasteiger partial charge in [-0.2, -0.15) is 0 Å². The molecule has 4 nitrogen and oxygen atoms in total. The van der Waals surface area contributed by atoms with Crippen LogP contribution in [0.25, 0.3) is 0 Å². The second-order valence-electron chi connectivity index (χ2n) is 9.87. The Morgan fingerprint density at radius 1 is 0.839 bits per heavy atom. The van der Waals surface area contributed by atoms with Crippen LogP contribution in [0.2, 0.25) is 0 Å². The Hall–Kier alpha value is -0.610. The molecule has 1 N–H and O–H groups in total. The van der Waals surface area contributed by atoms with E-state index in [0.29, 0.717) is 6.54 Å². The zero-order valence-corrected chi connectivity index (χ0v) is 21.1. The van der Waals surface area contributed by atoms with Crippen LogP contribution in [-0.2, 0) is 9.53 Å². The van der Waals surface area contributed by atoms with Crippen molar-refractivity contribution in [3.05, 3.63) is 0 Å². The lowest BCUT2D eigenvalue weighted by molar-refractivity contribution is -0.166. The summed E-state index contributed by atoms with van der Waals surface area (Å²) in [6.07, 6.45) is 22.1. The fourth-order valence-corrected chi connectivity index (χ4v) is 4.63. The Kier molecular flexibility index (Phi) is 17.3. The van der Waals surface area contributed by atoms with E-state index in [2.05, 4.69) is 18.7 Å². The van der Waals surface area contributed by atoms with E-state index in [4.69, 9.17) is 4.74 Å². The predicted octanol–water partition coefficient (Wildman–Crippen LogP) is 7.02. The van der Waals surface area contributed by atoms with Crippen molar-refractivity contribution in [2.45, 2.75) is 155 Å². The number of aliphatic hydroxyl groups excluding tert-OH is 1. The Labute approximate surface area is 193 Å². The summed E-state index contributed by atoms with van der Waals surface area (Å²) in [6.45, 7) is 7.80. The van der Waals surface area contributed by atoms with Gasteiger partial charge in [-0.1, -0.05) is 110 Å². The quantitative estimate of drug-likeness (QED) is 0.163. The summed E-state index contributed by atoms with van der Waals surface area (Å²) in [5, 5.41) is 10.5. The molecule has 1 rings (SSSR count). The first-order valence-corrected chi connectivity index (χ1v) is 13.7. The molecule has 0 aromatic rings. The molecule has 1 fully saturated rings. The zero-order chi connectivity index (χ0) is 22.7. The van der Waals surface area contributed by atoms with E-state index >= 15 is 0 Å². The highest BCUT2D eigenvalue weighted by atomic mass is 16.5. The van der Waals surface area contributed by atoms with E-state index in [1.807, 2.05) is 6.92 Å². The van der Waals surface area contributed by atoms with Crippen molar-refractivity contribution in [1.82, 2.24) is 4.90 Å². The number of carbonyl (C=O) groups excluding carboxylic acids is 1. The summed E-state index contributed by atoms with van der Waals surface area (Å²) >= 11 is 0. The summed E-state index contributed by atoms with van der Waals surface area (Å²) in [5.74, 6) is -0.116. The van der Waals surface area contributed by atoms with Crippen molar-refractivity contribution < 1.29 is 14.6 Å². The number of nitrogens with zero attached hydrogens (tertiary/aromatic N) is 1. The molecule has 3 unspecified atom stereocenters. The van der Waals surface area contributed by atoms with Gasteiger partial charge in [0, 0.05) is 13.1 Å². The first kappa shape index (κ1) is 28.4. The Morgan fingerprint density at radius 3 is 1.87 bits per heavy atom. The van der Waals surface area contributed by atoms with Crippen molar-refractivity contribution in [1.29, 1.82) is 0 Å². The molecular formula is C27H53NO3. The van der Waals surface area contributed by atoms with E-state index in [1.54, 1.807) is 0 Å². The lowest BCUT2D eigenvalue weighted by Crippen LogP contribution is -2.53. The number of esters is 1. The van der Waals surface area contributed by atoms with Gasteiger partial charge in [0.25, 0.3) is 0 Å². The molecule has 184 valence electrons. The van der Waals surface area contributed by atoms with Crippen molar-refractivity contribution in [3.8, 4) is 0 Å². The number of β-amino-alcohol motifs (C(OH)–C–C–N with tert-alkyl or cyclic N) is 1. The minimum absolute atomic E-state index is 0.000822. The molecule has 1 saturated heterocycles. The molecule has 1 aliphatic heterocycles. The predicted molar refractivity (Wildman–Crippen MR) is 131 cm³/mol. The van der Waals surface area contributed by atoms with Crippen LogP contribution in [0.4, 0.5) is 0 Å². The number of cyclic esters (lactones) is 1. The standard InChI is InChI=1S/C27H53NO3/c1-4-6-8-10-12-14-16-18-20-25(29)22-28-23-26(31-27(30)24(28)3)21-19-17-15-13-11-9-7-5-2/h24-26,29H,4-23H2,1-3H3. The van der Waals surface area contributed by atoms with Gasteiger partial charge in [0.15, 0.2) is 0 Å². The smallest absolute Gasteiger partial charge is 0.323 e. The molecule has 3 atom stereocenters. The van der Waals surface area contributed by atoms with Crippen molar-refractivity contribution in [2.75, 3.05) is 13.1 Å². The van der Waals surface area contributed by atoms with Crippen molar-refractivity contribution >= 4 is 5.97 Å². The van der Waals surface area contributed by atoms with Gasteiger partial charge in [0.1, 0.15) is 12.1 Å². The van der Waals surface area contributed by atoms with Crippen molar-refractivity contribution in [2.24, 2.45) is 0 Å². The first-order valence-electron chi connectivity index (χ1n) is 13.7. The number of morpholine rings is 1. The second-order valence-corrected chi connectivity index (χ2v) is 9.87. The summed E-state index contributed by atoms with van der Waals surface area (Å²) < 4.78 is 5.66. The van der Waals surface area contributed by atoms with Gasteiger partial charge in [-0.3, -0.25) is 9.69 Å². The van der Waals surface area contributed by atoms with Crippen LogP contribution in [0.3, 0.4) is 0 Å². The highest BCUT2D eigenvalue weighted by Crippen LogP contribution is 2.20. The van der Waals surface area contributed by atoms with Crippen molar-refractivity contribution in [3.63, 3.8) is 0 Å². The summed E-state index contributed by atoms with van der Waals surface area (Å²) in [7, 11) is 0. The third-order valence-electron chi connectivity index (χ3n) is 6.83. The summed E-state index contributed by atoms with van der Waals surface area (Å²) in [4.78, 5) is 14.4.